The summed E-state index contributed by atoms with van der Waals surface area (Å²) in [5.41, 5.74) is 8.08. The topological polar surface area (TPSA) is 49.4 Å². The molecule has 0 aliphatic carbocycles. The Hall–Kier alpha value is -2.46. The molecule has 1 heterocycles. The van der Waals surface area contributed by atoms with Crippen LogP contribution in [0.25, 0.3) is 10.9 Å². The second-order valence-electron chi connectivity index (χ2n) is 5.53. The molecule has 1 aromatic heterocycles. The minimum Gasteiger partial charge on any atom is -0.497 e. The molecule has 0 aliphatic rings. The first-order valence-corrected chi connectivity index (χ1v) is 7.83. The number of ether oxygens (including phenoxy) is 2. The van der Waals surface area contributed by atoms with Crippen molar-refractivity contribution in [1.82, 2.24) is 4.57 Å². The molecule has 0 spiro atoms. The van der Waals surface area contributed by atoms with Gasteiger partial charge in [0.2, 0.25) is 5.88 Å². The molecule has 0 saturated carbocycles. The Morgan fingerprint density at radius 2 is 1.70 bits per heavy atom. The highest BCUT2D eigenvalue weighted by Crippen LogP contribution is 2.35. The number of aromatic nitrogens is 1. The van der Waals surface area contributed by atoms with Crippen molar-refractivity contribution >= 4 is 10.9 Å². The first kappa shape index (κ1) is 15.4. The van der Waals surface area contributed by atoms with Gasteiger partial charge >= 0.3 is 0 Å². The monoisotopic (exact) mass is 310 g/mol. The van der Waals surface area contributed by atoms with Crippen LogP contribution in [0.5, 0.6) is 17.4 Å². The first-order chi connectivity index (χ1) is 11.2. The maximum Gasteiger partial charge on any atom is 0.204 e. The lowest BCUT2D eigenvalue weighted by Crippen LogP contribution is -2.02. The second kappa shape index (κ2) is 6.75. The van der Waals surface area contributed by atoms with E-state index in [2.05, 4.69) is 22.8 Å². The van der Waals surface area contributed by atoms with E-state index in [4.69, 9.17) is 15.2 Å². The third kappa shape index (κ3) is 3.03. The number of nitrogens with zero attached hydrogens (tertiary/aromatic N) is 1. The molecule has 0 aliphatic heterocycles. The van der Waals surface area contributed by atoms with Gasteiger partial charge in [-0.2, -0.15) is 0 Å². The molecule has 4 heteroatoms. The van der Waals surface area contributed by atoms with Gasteiger partial charge in [0, 0.05) is 18.0 Å². The Kier molecular flexibility index (Phi) is 4.53. The third-order valence-corrected chi connectivity index (χ3v) is 4.06. The molecule has 0 atom stereocenters. The van der Waals surface area contributed by atoms with E-state index in [0.717, 1.165) is 30.2 Å². The number of para-hydroxylation sites is 1. The molecule has 0 saturated heterocycles. The van der Waals surface area contributed by atoms with Crippen LogP contribution in [0.1, 0.15) is 12.0 Å². The Balaban J connectivity index is 2.02. The van der Waals surface area contributed by atoms with Crippen LogP contribution in [0, 0.1) is 0 Å². The fourth-order valence-corrected chi connectivity index (χ4v) is 2.85. The van der Waals surface area contributed by atoms with Crippen LogP contribution in [0.4, 0.5) is 0 Å². The summed E-state index contributed by atoms with van der Waals surface area (Å²) in [5, 5.41) is 1.23. The molecule has 2 N–H and O–H groups in total. The lowest BCUT2D eigenvalue weighted by Gasteiger charge is -2.10. The summed E-state index contributed by atoms with van der Waals surface area (Å²) in [5.74, 6) is 2.49. The highest BCUT2D eigenvalue weighted by atomic mass is 16.5. The summed E-state index contributed by atoms with van der Waals surface area (Å²) >= 11 is 0. The molecule has 120 valence electrons. The van der Waals surface area contributed by atoms with Gasteiger partial charge in [0.25, 0.3) is 0 Å². The molecule has 0 unspecified atom stereocenters. The summed E-state index contributed by atoms with van der Waals surface area (Å²) < 4.78 is 13.5. The minimum absolute atomic E-state index is 0.672. The number of benzene rings is 2. The van der Waals surface area contributed by atoms with Crippen molar-refractivity contribution in [3.63, 3.8) is 0 Å². The molecule has 3 rings (SSSR count). The van der Waals surface area contributed by atoms with Crippen molar-refractivity contribution in [3.05, 3.63) is 54.1 Å². The number of fused-ring (bicyclic) bond motifs is 1. The van der Waals surface area contributed by atoms with Crippen LogP contribution < -0.4 is 15.2 Å². The molecule has 0 bridgehead atoms. The largest absolute Gasteiger partial charge is 0.497 e. The van der Waals surface area contributed by atoms with E-state index >= 15 is 0 Å². The van der Waals surface area contributed by atoms with Crippen LogP contribution in [-0.4, -0.2) is 18.2 Å². The Bertz CT molecular complexity index is 791. The van der Waals surface area contributed by atoms with Crippen molar-refractivity contribution in [3.8, 4) is 17.4 Å². The van der Waals surface area contributed by atoms with Gasteiger partial charge < -0.3 is 19.8 Å². The van der Waals surface area contributed by atoms with Gasteiger partial charge in [-0.3, -0.25) is 0 Å². The van der Waals surface area contributed by atoms with Crippen LogP contribution in [0.15, 0.2) is 48.5 Å². The van der Waals surface area contributed by atoms with Gasteiger partial charge in [-0.15, -0.1) is 0 Å². The lowest BCUT2D eigenvalue weighted by molar-refractivity contribution is 0.410. The van der Waals surface area contributed by atoms with Gasteiger partial charge in [0.05, 0.1) is 12.6 Å². The highest BCUT2D eigenvalue weighted by molar-refractivity contribution is 5.87. The van der Waals surface area contributed by atoms with Gasteiger partial charge in [-0.25, -0.2) is 0 Å². The maximum absolute atomic E-state index is 6.19. The van der Waals surface area contributed by atoms with Crippen molar-refractivity contribution in [1.29, 1.82) is 0 Å². The van der Waals surface area contributed by atoms with E-state index in [9.17, 15) is 0 Å². The Labute approximate surface area is 136 Å². The normalized spacial score (nSPS) is 10.9. The fraction of sp³-hybridized carbons (Fsp3) is 0.263. The Morgan fingerprint density at radius 1 is 1.00 bits per heavy atom. The number of nitrogens with two attached hydrogens (primary N) is 1. The van der Waals surface area contributed by atoms with E-state index in [1.807, 2.05) is 37.4 Å². The van der Waals surface area contributed by atoms with Gasteiger partial charge in [-0.05, 0) is 49.7 Å². The molecule has 0 radical (unpaired) electrons. The molecule has 0 amide bonds. The van der Waals surface area contributed by atoms with Crippen molar-refractivity contribution in [2.45, 2.75) is 12.8 Å². The van der Waals surface area contributed by atoms with Crippen LogP contribution in [0.3, 0.4) is 0 Å². The van der Waals surface area contributed by atoms with Gasteiger partial charge in [0.1, 0.15) is 11.5 Å². The zero-order chi connectivity index (χ0) is 16.2. The van der Waals surface area contributed by atoms with Gasteiger partial charge in [0.15, 0.2) is 0 Å². The van der Waals surface area contributed by atoms with Crippen LogP contribution in [0.2, 0.25) is 0 Å². The van der Waals surface area contributed by atoms with Gasteiger partial charge in [-0.1, -0.05) is 18.2 Å². The molecular formula is C19H22N2O2. The van der Waals surface area contributed by atoms with E-state index in [0.29, 0.717) is 6.54 Å². The number of hydrogen-bond acceptors (Lipinski definition) is 3. The van der Waals surface area contributed by atoms with E-state index < -0.39 is 0 Å². The molecule has 4 nitrogen and oxygen atoms in total. The molecular weight excluding hydrogens is 288 g/mol. The fourth-order valence-electron chi connectivity index (χ4n) is 2.85. The number of hydrogen-bond donors (Lipinski definition) is 1. The molecule has 2 aromatic carbocycles. The number of methoxy groups -OCH3 is 1. The zero-order valence-electron chi connectivity index (χ0n) is 13.6. The summed E-state index contributed by atoms with van der Waals surface area (Å²) in [6, 6.07) is 16.0. The zero-order valence-corrected chi connectivity index (χ0v) is 13.6. The average Bonchev–Trinajstić information content (AvgIpc) is 2.86. The van der Waals surface area contributed by atoms with Crippen molar-refractivity contribution in [2.24, 2.45) is 12.8 Å². The predicted octanol–water partition coefficient (Wildman–Crippen LogP) is 3.87. The van der Waals surface area contributed by atoms with Crippen LogP contribution >= 0.6 is 0 Å². The lowest BCUT2D eigenvalue weighted by atomic mass is 10.1. The highest BCUT2D eigenvalue weighted by Gasteiger charge is 2.16. The van der Waals surface area contributed by atoms with E-state index in [1.54, 1.807) is 7.11 Å². The molecule has 23 heavy (non-hydrogen) atoms. The van der Waals surface area contributed by atoms with E-state index in [1.165, 1.54) is 16.5 Å². The summed E-state index contributed by atoms with van der Waals surface area (Å²) in [6.07, 6.45) is 1.84. The maximum atomic E-state index is 6.19. The first-order valence-electron chi connectivity index (χ1n) is 7.83. The second-order valence-corrected chi connectivity index (χ2v) is 5.53. The predicted molar refractivity (Wildman–Crippen MR) is 93.4 cm³/mol. The molecule has 0 fully saturated rings. The number of aryl methyl sites for hydroxylation is 2. The van der Waals surface area contributed by atoms with Crippen molar-refractivity contribution in [2.75, 3.05) is 13.7 Å². The smallest absolute Gasteiger partial charge is 0.204 e. The number of rotatable bonds is 6. The SMILES string of the molecule is COc1ccc(Oc2c(CCCN)c3ccccc3n2C)cc1. The summed E-state index contributed by atoms with van der Waals surface area (Å²) in [4.78, 5) is 0. The average molecular weight is 310 g/mol. The third-order valence-electron chi connectivity index (χ3n) is 4.06. The molecule has 3 aromatic rings. The quantitative estimate of drug-likeness (QED) is 0.752. The van der Waals surface area contributed by atoms with E-state index in [-0.39, 0.29) is 0 Å². The Morgan fingerprint density at radius 3 is 2.39 bits per heavy atom. The minimum atomic E-state index is 0.672. The summed E-state index contributed by atoms with van der Waals surface area (Å²) in [6.45, 7) is 0.672. The van der Waals surface area contributed by atoms with Crippen LogP contribution in [-0.2, 0) is 13.5 Å². The standard InChI is InChI=1S/C19H22N2O2/c1-21-18-8-4-3-6-16(18)17(7-5-13-20)19(21)23-15-11-9-14(22-2)10-12-15/h3-4,6,8-12H,5,7,13,20H2,1-2H3. The van der Waals surface area contributed by atoms with Crippen molar-refractivity contribution < 1.29 is 9.47 Å². The summed E-state index contributed by atoms with van der Waals surface area (Å²) in [7, 11) is 3.69.